The van der Waals surface area contributed by atoms with Gasteiger partial charge in [0, 0.05) is 35.8 Å². The Balaban J connectivity index is 1.44. The smallest absolute Gasteiger partial charge is 0.146 e. The van der Waals surface area contributed by atoms with E-state index in [1.54, 1.807) is 0 Å². The predicted molar refractivity (Wildman–Crippen MR) is 140 cm³/mol. The van der Waals surface area contributed by atoms with Gasteiger partial charge in [0.25, 0.3) is 0 Å². The van der Waals surface area contributed by atoms with Gasteiger partial charge in [-0.2, -0.15) is 0 Å². The molecule has 2 aliphatic rings. The van der Waals surface area contributed by atoms with Crippen molar-refractivity contribution in [1.29, 1.82) is 0 Å². The molecule has 0 radical (unpaired) electrons. The van der Waals surface area contributed by atoms with Crippen LogP contribution in [0.5, 0.6) is 0 Å². The molecule has 9 rings (SSSR count). The van der Waals surface area contributed by atoms with E-state index in [4.69, 9.17) is 4.98 Å². The molecule has 0 spiro atoms. The van der Waals surface area contributed by atoms with Gasteiger partial charge in [-0.25, -0.2) is 4.98 Å². The molecule has 2 aliphatic carbocycles. The molecule has 0 saturated heterocycles. The summed E-state index contributed by atoms with van der Waals surface area (Å²) in [4.78, 5) is 14.0. The van der Waals surface area contributed by atoms with Gasteiger partial charge in [0.1, 0.15) is 5.65 Å². The number of aromatic nitrogens is 4. The second-order valence-corrected chi connectivity index (χ2v) is 9.68. The summed E-state index contributed by atoms with van der Waals surface area (Å²) < 4.78 is 2.27. The summed E-state index contributed by atoms with van der Waals surface area (Å²) in [5.74, 6) is 0. The van der Waals surface area contributed by atoms with Crippen LogP contribution >= 0.6 is 0 Å². The molecule has 0 bridgehead atoms. The molecule has 0 atom stereocenters. The third-order valence-corrected chi connectivity index (χ3v) is 8.03. The van der Waals surface area contributed by atoms with E-state index in [0.29, 0.717) is 0 Å². The number of fused-ring (bicyclic) bond motifs is 16. The second-order valence-electron chi connectivity index (χ2n) is 9.68. The molecule has 4 nitrogen and oxygen atoms in total. The summed E-state index contributed by atoms with van der Waals surface area (Å²) in [5.41, 5.74) is 15.3. The number of hydrogen-bond donors (Lipinski definition) is 0. The fraction of sp³-hybridized carbons (Fsp3) is 0.0645. The summed E-state index contributed by atoms with van der Waals surface area (Å²) in [6.45, 7) is 0. The third-order valence-electron chi connectivity index (χ3n) is 8.03. The highest BCUT2D eigenvalue weighted by Gasteiger charge is 2.30. The fourth-order valence-corrected chi connectivity index (χ4v) is 6.60. The van der Waals surface area contributed by atoms with Gasteiger partial charge < -0.3 is 0 Å². The molecule has 0 fully saturated rings. The zero-order chi connectivity index (χ0) is 22.7. The van der Waals surface area contributed by atoms with Gasteiger partial charge in [-0.3, -0.25) is 14.4 Å². The van der Waals surface area contributed by atoms with Gasteiger partial charge in [-0.1, -0.05) is 48.5 Å². The minimum Gasteiger partial charge on any atom is -0.290 e. The third kappa shape index (κ3) is 2.11. The minimum atomic E-state index is 0.919. The van der Waals surface area contributed by atoms with Crippen LogP contribution in [-0.4, -0.2) is 19.4 Å². The van der Waals surface area contributed by atoms with Gasteiger partial charge >= 0.3 is 0 Å². The first-order valence-electron chi connectivity index (χ1n) is 12.0. The van der Waals surface area contributed by atoms with E-state index in [2.05, 4.69) is 69.0 Å². The Bertz CT molecular complexity index is 2070. The molecule has 0 saturated carbocycles. The van der Waals surface area contributed by atoms with Crippen LogP contribution in [0.4, 0.5) is 0 Å². The number of rotatable bonds is 0. The summed E-state index contributed by atoms with van der Waals surface area (Å²) >= 11 is 0. The Morgan fingerprint density at radius 3 is 2.49 bits per heavy atom. The molecule has 0 amide bonds. The molecular formula is C31H18N4. The molecule has 0 aliphatic heterocycles. The molecular weight excluding hydrogens is 428 g/mol. The van der Waals surface area contributed by atoms with Crippen LogP contribution in [0, 0.1) is 0 Å². The topological polar surface area (TPSA) is 43.1 Å². The highest BCUT2D eigenvalue weighted by molar-refractivity contribution is 6.17. The number of hydrogen-bond acceptors (Lipinski definition) is 3. The lowest BCUT2D eigenvalue weighted by atomic mass is 9.95. The SMILES string of the molecule is c1ccc2c(c1)Cc1ccc3c(c1-2)Cc1c-3ccc2c3cnccc3n3c4cnccc4nc3c12. The monoisotopic (exact) mass is 446 g/mol. The molecule has 7 aromatic rings. The van der Waals surface area contributed by atoms with E-state index in [1.807, 2.05) is 30.9 Å². The lowest BCUT2D eigenvalue weighted by Crippen LogP contribution is -1.95. The summed E-state index contributed by atoms with van der Waals surface area (Å²) in [5, 5.41) is 3.59. The van der Waals surface area contributed by atoms with Crippen LogP contribution in [0.25, 0.3) is 60.6 Å². The van der Waals surface area contributed by atoms with Gasteiger partial charge in [-0.15, -0.1) is 0 Å². The van der Waals surface area contributed by atoms with Crippen LogP contribution in [0.1, 0.15) is 22.3 Å². The number of benzene rings is 3. The van der Waals surface area contributed by atoms with Gasteiger partial charge in [0.15, 0.2) is 0 Å². The van der Waals surface area contributed by atoms with E-state index in [9.17, 15) is 0 Å². The maximum atomic E-state index is 5.14. The Morgan fingerprint density at radius 2 is 1.49 bits per heavy atom. The summed E-state index contributed by atoms with van der Waals surface area (Å²) in [7, 11) is 0. The van der Waals surface area contributed by atoms with Crippen LogP contribution in [0.3, 0.4) is 0 Å². The first-order chi connectivity index (χ1) is 17.4. The average Bonchev–Trinajstić information content (AvgIpc) is 3.59. The second kappa shape index (κ2) is 6.10. The minimum absolute atomic E-state index is 0.919. The predicted octanol–water partition coefficient (Wildman–Crippen LogP) is 6.73. The summed E-state index contributed by atoms with van der Waals surface area (Å²) in [6, 6.07) is 22.2. The first-order valence-corrected chi connectivity index (χ1v) is 12.0. The lowest BCUT2D eigenvalue weighted by molar-refractivity contribution is 1.23. The van der Waals surface area contributed by atoms with Crippen molar-refractivity contribution < 1.29 is 0 Å². The van der Waals surface area contributed by atoms with Crippen molar-refractivity contribution in [2.24, 2.45) is 0 Å². The van der Waals surface area contributed by atoms with E-state index >= 15 is 0 Å². The van der Waals surface area contributed by atoms with Crippen molar-refractivity contribution in [3.63, 3.8) is 0 Å². The highest BCUT2D eigenvalue weighted by Crippen LogP contribution is 2.50. The quantitative estimate of drug-likeness (QED) is 0.243. The zero-order valence-corrected chi connectivity index (χ0v) is 18.8. The highest BCUT2D eigenvalue weighted by atomic mass is 15.0. The van der Waals surface area contributed by atoms with Crippen LogP contribution in [0.2, 0.25) is 0 Å². The van der Waals surface area contributed by atoms with Crippen molar-refractivity contribution in [2.45, 2.75) is 12.8 Å². The Kier molecular flexibility index (Phi) is 3.11. The number of imidazole rings is 1. The van der Waals surface area contributed by atoms with Crippen molar-refractivity contribution in [1.82, 2.24) is 19.4 Å². The average molecular weight is 447 g/mol. The Hall–Kier alpha value is -4.57. The van der Waals surface area contributed by atoms with Crippen LogP contribution < -0.4 is 0 Å². The molecule has 4 aromatic heterocycles. The molecule has 162 valence electrons. The van der Waals surface area contributed by atoms with E-state index in [-0.39, 0.29) is 0 Å². The summed E-state index contributed by atoms with van der Waals surface area (Å²) in [6.07, 6.45) is 9.53. The van der Waals surface area contributed by atoms with Crippen LogP contribution in [0.15, 0.2) is 85.5 Å². The zero-order valence-electron chi connectivity index (χ0n) is 18.8. The van der Waals surface area contributed by atoms with Crippen molar-refractivity contribution in [2.75, 3.05) is 0 Å². The normalized spacial score (nSPS) is 13.5. The molecule has 4 heteroatoms. The molecule has 0 N–H and O–H groups in total. The van der Waals surface area contributed by atoms with Crippen molar-refractivity contribution >= 4 is 38.4 Å². The Labute approximate surface area is 200 Å². The van der Waals surface area contributed by atoms with Gasteiger partial charge in [0.05, 0.1) is 22.7 Å². The molecule has 35 heavy (non-hydrogen) atoms. The van der Waals surface area contributed by atoms with Gasteiger partial charge in [-0.05, 0) is 68.4 Å². The van der Waals surface area contributed by atoms with E-state index in [1.165, 1.54) is 55.3 Å². The van der Waals surface area contributed by atoms with Crippen molar-refractivity contribution in [3.8, 4) is 22.3 Å². The Morgan fingerprint density at radius 1 is 0.629 bits per heavy atom. The lowest BCUT2D eigenvalue weighted by Gasteiger charge is -2.12. The molecule has 4 heterocycles. The maximum Gasteiger partial charge on any atom is 0.146 e. The first kappa shape index (κ1) is 17.8. The largest absolute Gasteiger partial charge is 0.290 e. The van der Waals surface area contributed by atoms with Gasteiger partial charge in [0.2, 0.25) is 0 Å². The van der Waals surface area contributed by atoms with E-state index < -0.39 is 0 Å². The van der Waals surface area contributed by atoms with E-state index in [0.717, 1.165) is 40.4 Å². The van der Waals surface area contributed by atoms with Crippen LogP contribution in [-0.2, 0) is 12.8 Å². The number of pyridine rings is 3. The fourth-order valence-electron chi connectivity index (χ4n) is 6.60. The molecule has 3 aromatic carbocycles. The maximum absolute atomic E-state index is 5.14. The molecule has 0 unspecified atom stereocenters. The van der Waals surface area contributed by atoms with Crippen molar-refractivity contribution in [3.05, 3.63) is 108 Å². The standard InChI is InChI=1S/C31H18N4/c1-2-4-19-17(3-1)13-18-5-6-20-21-7-8-22-25-15-32-12-10-27(25)35-28-16-33-11-9-26(28)34-31(35)30(22)24(21)14-23(20)29(18)19/h1-12,15-16H,13-14H2. The number of nitrogens with zero attached hydrogens (tertiary/aromatic N) is 4.